The Balaban J connectivity index is 2.01. The monoisotopic (exact) mass is 332 g/mol. The van der Waals surface area contributed by atoms with Gasteiger partial charge in [-0.3, -0.25) is 9.59 Å². The standard InChI is InChI=1S/C15H16N4O3S/c16-14(21)9-3-5-10(6-4-9)18-13(20)8-11(19-15(17)22)12-2-1-7-23-12/h1-7,11H,8H2,(H2,16,21)(H,18,20)(H3,17,19,22). The van der Waals surface area contributed by atoms with Crippen LogP contribution in [0.25, 0.3) is 0 Å². The molecule has 0 bridgehead atoms. The van der Waals surface area contributed by atoms with Crippen molar-refractivity contribution in [2.75, 3.05) is 5.32 Å². The van der Waals surface area contributed by atoms with Gasteiger partial charge in [-0.05, 0) is 35.7 Å². The molecule has 0 spiro atoms. The molecule has 4 amide bonds. The maximum absolute atomic E-state index is 12.1. The number of thiophene rings is 1. The molecule has 1 heterocycles. The molecule has 0 aliphatic rings. The summed E-state index contributed by atoms with van der Waals surface area (Å²) in [4.78, 5) is 35.0. The predicted octanol–water partition coefficient (Wildman–Crippen LogP) is 1.59. The zero-order valence-electron chi connectivity index (χ0n) is 12.1. The third-order valence-corrected chi connectivity index (χ3v) is 4.03. The van der Waals surface area contributed by atoms with Gasteiger partial charge in [0.05, 0.1) is 12.5 Å². The smallest absolute Gasteiger partial charge is 0.312 e. The lowest BCUT2D eigenvalue weighted by atomic mass is 10.1. The Labute approximate surface area is 136 Å². The molecule has 0 saturated heterocycles. The SMILES string of the molecule is NC(=O)NC(CC(=O)Nc1ccc(C(N)=O)cc1)c1cccs1. The second kappa shape index (κ2) is 7.41. The second-order valence-corrected chi connectivity index (χ2v) is 5.75. The molecule has 8 heteroatoms. The second-order valence-electron chi connectivity index (χ2n) is 4.77. The van der Waals surface area contributed by atoms with E-state index in [-0.39, 0.29) is 12.3 Å². The molecule has 0 saturated carbocycles. The molecule has 23 heavy (non-hydrogen) atoms. The molecular weight excluding hydrogens is 316 g/mol. The lowest BCUT2D eigenvalue weighted by Gasteiger charge is -2.16. The number of primary amides is 2. The van der Waals surface area contributed by atoms with Crippen LogP contribution in [-0.4, -0.2) is 17.8 Å². The molecule has 7 nitrogen and oxygen atoms in total. The minimum absolute atomic E-state index is 0.0427. The molecular formula is C15H16N4O3S. The van der Waals surface area contributed by atoms with Crippen molar-refractivity contribution in [3.63, 3.8) is 0 Å². The van der Waals surface area contributed by atoms with E-state index in [9.17, 15) is 14.4 Å². The number of urea groups is 1. The van der Waals surface area contributed by atoms with Gasteiger partial charge in [0.1, 0.15) is 0 Å². The van der Waals surface area contributed by atoms with E-state index in [0.717, 1.165) is 4.88 Å². The number of nitrogens with one attached hydrogen (secondary N) is 2. The normalized spacial score (nSPS) is 11.5. The fraction of sp³-hybridized carbons (Fsp3) is 0.133. The average molecular weight is 332 g/mol. The van der Waals surface area contributed by atoms with Crippen molar-refractivity contribution in [3.05, 3.63) is 52.2 Å². The van der Waals surface area contributed by atoms with E-state index in [2.05, 4.69) is 10.6 Å². The summed E-state index contributed by atoms with van der Waals surface area (Å²) in [6, 6.07) is 8.68. The van der Waals surface area contributed by atoms with Crippen LogP contribution in [0.1, 0.15) is 27.7 Å². The maximum Gasteiger partial charge on any atom is 0.312 e. The maximum atomic E-state index is 12.1. The van der Waals surface area contributed by atoms with Crippen LogP contribution in [0, 0.1) is 0 Å². The van der Waals surface area contributed by atoms with Gasteiger partial charge in [0.15, 0.2) is 0 Å². The van der Waals surface area contributed by atoms with Crippen molar-refractivity contribution >= 4 is 34.9 Å². The number of anilines is 1. The first kappa shape index (κ1) is 16.5. The molecule has 120 valence electrons. The highest BCUT2D eigenvalue weighted by Crippen LogP contribution is 2.22. The number of amides is 4. The predicted molar refractivity (Wildman–Crippen MR) is 88.0 cm³/mol. The molecule has 6 N–H and O–H groups in total. The van der Waals surface area contributed by atoms with E-state index < -0.39 is 18.0 Å². The van der Waals surface area contributed by atoms with Gasteiger partial charge in [0.25, 0.3) is 0 Å². The van der Waals surface area contributed by atoms with Crippen molar-refractivity contribution in [2.24, 2.45) is 11.5 Å². The third kappa shape index (κ3) is 4.82. The molecule has 2 rings (SSSR count). The van der Waals surface area contributed by atoms with Crippen molar-refractivity contribution < 1.29 is 14.4 Å². The van der Waals surface area contributed by atoms with Crippen molar-refractivity contribution in [2.45, 2.75) is 12.5 Å². The van der Waals surface area contributed by atoms with Gasteiger partial charge in [0.2, 0.25) is 11.8 Å². The van der Waals surface area contributed by atoms with Crippen LogP contribution >= 0.6 is 11.3 Å². The van der Waals surface area contributed by atoms with Crippen molar-refractivity contribution in [1.29, 1.82) is 0 Å². The summed E-state index contributed by atoms with van der Waals surface area (Å²) in [5, 5.41) is 7.10. The Hall–Kier alpha value is -2.87. The first-order valence-electron chi connectivity index (χ1n) is 6.75. The van der Waals surface area contributed by atoms with Gasteiger partial charge >= 0.3 is 6.03 Å². The Morgan fingerprint density at radius 3 is 2.30 bits per heavy atom. The van der Waals surface area contributed by atoms with Crippen LogP contribution in [0.3, 0.4) is 0 Å². The van der Waals surface area contributed by atoms with Gasteiger partial charge in [0, 0.05) is 16.1 Å². The van der Waals surface area contributed by atoms with E-state index in [0.29, 0.717) is 11.3 Å². The zero-order chi connectivity index (χ0) is 16.8. The average Bonchev–Trinajstić information content (AvgIpc) is 3.00. The van der Waals surface area contributed by atoms with E-state index in [1.54, 1.807) is 12.1 Å². The summed E-state index contributed by atoms with van der Waals surface area (Å²) in [6.07, 6.45) is 0.0427. The van der Waals surface area contributed by atoms with Gasteiger partial charge in [-0.15, -0.1) is 11.3 Å². The summed E-state index contributed by atoms with van der Waals surface area (Å²) in [5.41, 5.74) is 11.2. The molecule has 2 aromatic rings. The Bertz CT molecular complexity index is 698. The summed E-state index contributed by atoms with van der Waals surface area (Å²) in [5.74, 6) is -0.824. The van der Waals surface area contributed by atoms with E-state index in [1.165, 1.54) is 23.5 Å². The quantitative estimate of drug-likeness (QED) is 0.641. The summed E-state index contributed by atoms with van der Waals surface area (Å²) >= 11 is 1.42. The van der Waals surface area contributed by atoms with Crippen molar-refractivity contribution in [3.8, 4) is 0 Å². The van der Waals surface area contributed by atoms with Crippen LogP contribution in [0.5, 0.6) is 0 Å². The molecule has 1 atom stereocenters. The topological polar surface area (TPSA) is 127 Å². The van der Waals surface area contributed by atoms with E-state index in [4.69, 9.17) is 11.5 Å². The van der Waals surface area contributed by atoms with Crippen LogP contribution in [0.2, 0.25) is 0 Å². The lowest BCUT2D eigenvalue weighted by molar-refractivity contribution is -0.116. The van der Waals surface area contributed by atoms with Crippen LogP contribution in [0.15, 0.2) is 41.8 Å². The molecule has 1 aromatic heterocycles. The minimum atomic E-state index is -0.693. The van der Waals surface area contributed by atoms with Gasteiger partial charge in [-0.25, -0.2) is 4.79 Å². The van der Waals surface area contributed by atoms with Crippen LogP contribution < -0.4 is 22.1 Å². The molecule has 0 radical (unpaired) electrons. The largest absolute Gasteiger partial charge is 0.366 e. The first-order valence-corrected chi connectivity index (χ1v) is 7.63. The lowest BCUT2D eigenvalue weighted by Crippen LogP contribution is -2.34. The highest BCUT2D eigenvalue weighted by atomic mass is 32.1. The fourth-order valence-electron chi connectivity index (χ4n) is 2.00. The fourth-order valence-corrected chi connectivity index (χ4v) is 2.78. The Kier molecular flexibility index (Phi) is 5.32. The summed E-state index contributed by atoms with van der Waals surface area (Å²) < 4.78 is 0. The summed E-state index contributed by atoms with van der Waals surface area (Å²) in [6.45, 7) is 0. The molecule has 1 aromatic carbocycles. The Morgan fingerprint density at radius 1 is 1.09 bits per heavy atom. The van der Waals surface area contributed by atoms with E-state index >= 15 is 0 Å². The van der Waals surface area contributed by atoms with Crippen LogP contribution in [0.4, 0.5) is 10.5 Å². The summed E-state index contributed by atoms with van der Waals surface area (Å²) in [7, 11) is 0. The number of carbonyl (C=O) groups excluding carboxylic acids is 3. The molecule has 0 aliphatic heterocycles. The van der Waals surface area contributed by atoms with Crippen LogP contribution in [-0.2, 0) is 4.79 Å². The molecule has 1 unspecified atom stereocenters. The van der Waals surface area contributed by atoms with Gasteiger partial charge in [-0.1, -0.05) is 6.07 Å². The number of rotatable bonds is 6. The number of hydrogen-bond acceptors (Lipinski definition) is 4. The Morgan fingerprint density at radius 2 is 1.78 bits per heavy atom. The van der Waals surface area contributed by atoms with Crippen molar-refractivity contribution in [1.82, 2.24) is 5.32 Å². The number of carbonyl (C=O) groups is 3. The zero-order valence-corrected chi connectivity index (χ0v) is 12.9. The number of nitrogens with two attached hydrogens (primary N) is 2. The first-order chi connectivity index (χ1) is 11.0. The number of benzene rings is 1. The van der Waals surface area contributed by atoms with E-state index in [1.807, 2.05) is 17.5 Å². The molecule has 0 fully saturated rings. The number of hydrogen-bond donors (Lipinski definition) is 4. The highest BCUT2D eigenvalue weighted by Gasteiger charge is 2.18. The minimum Gasteiger partial charge on any atom is -0.366 e. The van der Waals surface area contributed by atoms with Gasteiger partial charge in [-0.2, -0.15) is 0 Å². The molecule has 0 aliphatic carbocycles. The highest BCUT2D eigenvalue weighted by molar-refractivity contribution is 7.10. The third-order valence-electron chi connectivity index (χ3n) is 3.05. The van der Waals surface area contributed by atoms with Gasteiger partial charge < -0.3 is 22.1 Å².